The molecule has 1 unspecified atom stereocenters. The van der Waals surface area contributed by atoms with Gasteiger partial charge in [0.25, 0.3) is 0 Å². The topological polar surface area (TPSA) is 12.5 Å². The highest BCUT2D eigenvalue weighted by atomic mass is 16.5. The van der Waals surface area contributed by atoms with E-state index in [0.29, 0.717) is 5.92 Å². The summed E-state index contributed by atoms with van der Waals surface area (Å²) in [7, 11) is 0. The highest BCUT2D eigenvalue weighted by Crippen LogP contribution is 2.38. The lowest BCUT2D eigenvalue weighted by Gasteiger charge is -2.22. The summed E-state index contributed by atoms with van der Waals surface area (Å²) in [5.74, 6) is 1.58. The Morgan fingerprint density at radius 3 is 2.63 bits per heavy atom. The van der Waals surface area contributed by atoms with E-state index in [4.69, 9.17) is 6.11 Å². The molecule has 102 valence electrons. The van der Waals surface area contributed by atoms with Gasteiger partial charge in [0.1, 0.15) is 5.76 Å². The van der Waals surface area contributed by atoms with E-state index in [1.54, 1.807) is 0 Å². The van der Waals surface area contributed by atoms with Gasteiger partial charge < -0.3 is 9.64 Å². The number of hydrogen-bond donors (Lipinski definition) is 0. The molecule has 1 aliphatic heterocycles. The summed E-state index contributed by atoms with van der Waals surface area (Å²) in [6.45, 7) is 3.56. The number of rotatable bonds is 2. The van der Waals surface area contributed by atoms with E-state index in [2.05, 4.69) is 26.0 Å². The van der Waals surface area contributed by atoms with Crippen molar-refractivity contribution in [2.24, 2.45) is 5.92 Å². The van der Waals surface area contributed by atoms with Crippen LogP contribution in [-0.4, -0.2) is 6.71 Å². The highest BCUT2D eigenvalue weighted by Gasteiger charge is 2.29. The molecule has 0 bridgehead atoms. The van der Waals surface area contributed by atoms with Crippen molar-refractivity contribution >= 4 is 5.69 Å². The van der Waals surface area contributed by atoms with Gasteiger partial charge >= 0.3 is 0 Å². The lowest BCUT2D eigenvalue weighted by atomic mass is 9.87. The minimum absolute atomic E-state index is 0.519. The second-order valence-electron chi connectivity index (χ2n) is 5.66. The minimum atomic E-state index is -0.631. The fourth-order valence-corrected chi connectivity index (χ4v) is 3.22. The van der Waals surface area contributed by atoms with Crippen molar-refractivity contribution < 1.29 is 6.11 Å². The molecule has 2 heteroatoms. The number of nitrogens with zero attached hydrogens (tertiary/aromatic N) is 1. The van der Waals surface area contributed by atoms with E-state index in [1.807, 2.05) is 17.0 Å². The first-order valence-corrected chi connectivity index (χ1v) is 7.33. The molecule has 1 aromatic carbocycles. The van der Waals surface area contributed by atoms with Gasteiger partial charge in [-0.3, -0.25) is 0 Å². The van der Waals surface area contributed by atoms with Crippen LogP contribution in [0, 0.1) is 12.8 Å². The molecule has 1 aromatic rings. The van der Waals surface area contributed by atoms with Gasteiger partial charge in [-0.1, -0.05) is 37.5 Å². The first kappa shape index (κ1) is 11.4. The number of para-hydroxylation sites is 1. The summed E-state index contributed by atoms with van der Waals surface area (Å²) in [6, 6.07) is 8.23. The van der Waals surface area contributed by atoms with E-state index in [-0.39, 0.29) is 0 Å². The Balaban J connectivity index is 1.92. The molecule has 2 nitrogen and oxygen atoms in total. The van der Waals surface area contributed by atoms with Crippen LogP contribution in [0.5, 0.6) is 0 Å². The number of ether oxygens (including phenoxy) is 1. The molecule has 0 saturated heterocycles. The summed E-state index contributed by atoms with van der Waals surface area (Å²) in [4.78, 5) is 2.03. The summed E-state index contributed by atoms with van der Waals surface area (Å²) >= 11 is 0. The predicted octanol–water partition coefficient (Wildman–Crippen LogP) is 4.60. The van der Waals surface area contributed by atoms with Crippen molar-refractivity contribution in [1.82, 2.24) is 0 Å². The SMILES string of the molecule is [2H]C1OC(C2CCCCC2)=C(C)N1c1ccccc1C. The molecule has 1 aliphatic carbocycles. The number of benzene rings is 1. The standard InChI is InChI=1S/C17H23NO/c1-13-8-6-7-11-16(13)18-12-19-17(14(18)2)15-9-4-3-5-10-15/h6-8,11,15H,3-5,9-10,12H2,1-2H3/i12D. The van der Waals surface area contributed by atoms with Crippen LogP contribution in [0.25, 0.3) is 0 Å². The third-order valence-corrected chi connectivity index (χ3v) is 4.35. The Kier molecular flexibility index (Phi) is 3.16. The maximum absolute atomic E-state index is 8.26. The van der Waals surface area contributed by atoms with Crippen LogP contribution < -0.4 is 4.90 Å². The molecule has 1 atom stereocenters. The summed E-state index contributed by atoms with van der Waals surface area (Å²) in [5, 5.41) is 0. The Bertz CT molecular complexity index is 519. The van der Waals surface area contributed by atoms with Crippen LogP contribution in [0.15, 0.2) is 35.7 Å². The summed E-state index contributed by atoms with van der Waals surface area (Å²) < 4.78 is 14.2. The van der Waals surface area contributed by atoms with Gasteiger partial charge in [0, 0.05) is 11.6 Å². The Morgan fingerprint density at radius 2 is 1.89 bits per heavy atom. The molecule has 0 amide bonds. The quantitative estimate of drug-likeness (QED) is 0.768. The van der Waals surface area contributed by atoms with E-state index < -0.39 is 6.71 Å². The minimum Gasteiger partial charge on any atom is -0.475 e. The van der Waals surface area contributed by atoms with Gasteiger partial charge in [-0.25, -0.2) is 0 Å². The molecule has 0 radical (unpaired) electrons. The molecule has 2 aliphatic rings. The van der Waals surface area contributed by atoms with Gasteiger partial charge in [0.05, 0.1) is 7.07 Å². The van der Waals surface area contributed by atoms with Crippen LogP contribution in [-0.2, 0) is 4.74 Å². The number of allylic oxidation sites excluding steroid dienone is 2. The Labute approximate surface area is 117 Å². The van der Waals surface area contributed by atoms with Crippen LogP contribution >= 0.6 is 0 Å². The Hall–Kier alpha value is -1.44. The number of anilines is 1. The summed E-state index contributed by atoms with van der Waals surface area (Å²) in [6.07, 6.45) is 6.34. The number of aryl methyl sites for hydroxylation is 1. The average Bonchev–Trinajstić information content (AvgIpc) is 2.76. The van der Waals surface area contributed by atoms with E-state index >= 15 is 0 Å². The molecule has 3 rings (SSSR count). The van der Waals surface area contributed by atoms with Crippen LogP contribution in [0.1, 0.15) is 46.0 Å². The zero-order chi connectivity index (χ0) is 14.1. The van der Waals surface area contributed by atoms with Gasteiger partial charge in [-0.05, 0) is 38.3 Å². The molecule has 0 aromatic heterocycles. The van der Waals surface area contributed by atoms with Gasteiger partial charge in [0.15, 0.2) is 6.71 Å². The normalized spacial score (nSPS) is 25.5. The smallest absolute Gasteiger partial charge is 0.165 e. The Morgan fingerprint density at radius 1 is 1.16 bits per heavy atom. The molecular formula is C17H23NO. The van der Waals surface area contributed by atoms with Gasteiger partial charge in [0.2, 0.25) is 0 Å². The molecular weight excluding hydrogens is 234 g/mol. The van der Waals surface area contributed by atoms with E-state index in [1.165, 1.54) is 37.7 Å². The fourth-order valence-electron chi connectivity index (χ4n) is 3.22. The monoisotopic (exact) mass is 258 g/mol. The first-order chi connectivity index (χ1) is 9.68. The maximum Gasteiger partial charge on any atom is 0.165 e. The highest BCUT2D eigenvalue weighted by molar-refractivity contribution is 5.58. The molecule has 1 saturated carbocycles. The van der Waals surface area contributed by atoms with Crippen molar-refractivity contribution in [3.05, 3.63) is 41.3 Å². The maximum atomic E-state index is 8.26. The largest absolute Gasteiger partial charge is 0.475 e. The van der Waals surface area contributed by atoms with Crippen LogP contribution in [0.2, 0.25) is 0 Å². The van der Waals surface area contributed by atoms with Crippen molar-refractivity contribution in [3.8, 4) is 0 Å². The molecule has 19 heavy (non-hydrogen) atoms. The van der Waals surface area contributed by atoms with Crippen molar-refractivity contribution in [1.29, 1.82) is 0 Å². The second-order valence-corrected chi connectivity index (χ2v) is 5.66. The molecule has 1 heterocycles. The van der Waals surface area contributed by atoms with Gasteiger partial charge in [-0.2, -0.15) is 0 Å². The average molecular weight is 258 g/mol. The third kappa shape index (κ3) is 2.36. The fraction of sp³-hybridized carbons (Fsp3) is 0.529. The van der Waals surface area contributed by atoms with Crippen LogP contribution in [0.4, 0.5) is 5.69 Å². The zero-order valence-corrected chi connectivity index (χ0v) is 11.9. The predicted molar refractivity (Wildman–Crippen MR) is 78.9 cm³/mol. The molecule has 0 N–H and O–H groups in total. The van der Waals surface area contributed by atoms with Gasteiger partial charge in [-0.15, -0.1) is 0 Å². The van der Waals surface area contributed by atoms with Crippen molar-refractivity contribution in [2.45, 2.75) is 46.0 Å². The van der Waals surface area contributed by atoms with Crippen molar-refractivity contribution in [3.63, 3.8) is 0 Å². The first-order valence-electron chi connectivity index (χ1n) is 7.91. The zero-order valence-electron chi connectivity index (χ0n) is 12.9. The number of hydrogen-bond acceptors (Lipinski definition) is 2. The lowest BCUT2D eigenvalue weighted by molar-refractivity contribution is 0.187. The molecule has 1 fully saturated rings. The second kappa shape index (κ2) is 5.28. The third-order valence-electron chi connectivity index (χ3n) is 4.35. The summed E-state index contributed by atoms with van der Waals surface area (Å²) in [5.41, 5.74) is 3.42. The van der Waals surface area contributed by atoms with E-state index in [9.17, 15) is 0 Å². The molecule has 0 spiro atoms. The van der Waals surface area contributed by atoms with E-state index in [0.717, 1.165) is 17.1 Å². The van der Waals surface area contributed by atoms with Crippen LogP contribution in [0.3, 0.4) is 0 Å². The lowest BCUT2D eigenvalue weighted by Crippen LogP contribution is -2.18. The van der Waals surface area contributed by atoms with Crippen molar-refractivity contribution in [2.75, 3.05) is 11.6 Å².